The van der Waals surface area contributed by atoms with Crippen LogP contribution in [0, 0.1) is 0 Å². The summed E-state index contributed by atoms with van der Waals surface area (Å²) in [6.45, 7) is 3.17. The third-order valence-electron chi connectivity index (χ3n) is 5.56. The summed E-state index contributed by atoms with van der Waals surface area (Å²) in [5.74, 6) is 0.371. The Morgan fingerprint density at radius 2 is 1.88 bits per heavy atom. The summed E-state index contributed by atoms with van der Waals surface area (Å²) in [5.41, 5.74) is 1.85. The van der Waals surface area contributed by atoms with Crippen LogP contribution in [0.5, 0.6) is 0 Å². The van der Waals surface area contributed by atoms with Gasteiger partial charge in [0.25, 0.3) is 5.91 Å². The molecule has 1 aromatic carbocycles. The molecule has 3 aliphatic rings. The second-order valence-corrected chi connectivity index (χ2v) is 7.29. The summed E-state index contributed by atoms with van der Waals surface area (Å²) in [6.07, 6.45) is 5.10. The average Bonchev–Trinajstić information content (AvgIpc) is 3.13. The third kappa shape index (κ3) is 3.18. The Morgan fingerprint density at radius 3 is 2.62 bits per heavy atom. The third-order valence-corrected chi connectivity index (χ3v) is 5.56. The van der Waals surface area contributed by atoms with Crippen LogP contribution in [-0.4, -0.2) is 53.3 Å². The average molecular weight is 327 g/mol. The lowest BCUT2D eigenvalue weighted by atomic mass is 10.1. The van der Waals surface area contributed by atoms with Crippen LogP contribution in [0.3, 0.4) is 0 Å². The number of nitrogens with one attached hydrogen (secondary N) is 1. The Hall–Kier alpha value is -1.88. The molecule has 24 heavy (non-hydrogen) atoms. The van der Waals surface area contributed by atoms with Gasteiger partial charge in [-0.3, -0.25) is 9.59 Å². The molecule has 3 saturated heterocycles. The molecule has 5 nitrogen and oxygen atoms in total. The van der Waals surface area contributed by atoms with E-state index in [9.17, 15) is 9.59 Å². The Bertz CT molecular complexity index is 628. The zero-order chi connectivity index (χ0) is 16.5. The molecule has 128 valence electrons. The molecule has 2 atom stereocenters. The summed E-state index contributed by atoms with van der Waals surface area (Å²) < 4.78 is 0. The number of rotatable bonds is 3. The molecule has 1 N–H and O–H groups in total. The molecular formula is C19H25N3O2. The standard InChI is InChI=1S/C19H25N3O2/c23-18-2-1-10-21(18)12-14-3-5-15(6-4-14)19(24)22-11-9-16-7-8-17(13-22)20-16/h3-6,16-17,20H,1-2,7-13H2. The summed E-state index contributed by atoms with van der Waals surface area (Å²) >= 11 is 0. The molecule has 2 bridgehead atoms. The smallest absolute Gasteiger partial charge is 0.253 e. The minimum absolute atomic E-state index is 0.133. The molecule has 0 spiro atoms. The molecule has 3 aliphatic heterocycles. The summed E-state index contributed by atoms with van der Waals surface area (Å²) in [7, 11) is 0. The second kappa shape index (κ2) is 6.55. The number of fused-ring (bicyclic) bond motifs is 2. The molecule has 0 radical (unpaired) electrons. The van der Waals surface area contributed by atoms with Crippen LogP contribution in [0.1, 0.15) is 48.0 Å². The van der Waals surface area contributed by atoms with E-state index in [1.807, 2.05) is 34.1 Å². The van der Waals surface area contributed by atoms with Gasteiger partial charge in [-0.1, -0.05) is 12.1 Å². The fourth-order valence-electron chi connectivity index (χ4n) is 4.15. The number of likely N-dealkylation sites (tertiary alicyclic amines) is 2. The molecular weight excluding hydrogens is 302 g/mol. The highest BCUT2D eigenvalue weighted by molar-refractivity contribution is 5.94. The SMILES string of the molecule is O=C1CCCN1Cc1ccc(C(=O)N2CCC3CCC(C2)N3)cc1. The van der Waals surface area contributed by atoms with E-state index >= 15 is 0 Å². The highest BCUT2D eigenvalue weighted by Gasteiger charge is 2.31. The van der Waals surface area contributed by atoms with Gasteiger partial charge in [0.2, 0.25) is 5.91 Å². The maximum Gasteiger partial charge on any atom is 0.253 e. The van der Waals surface area contributed by atoms with E-state index < -0.39 is 0 Å². The van der Waals surface area contributed by atoms with Gasteiger partial charge in [0.05, 0.1) is 0 Å². The molecule has 0 aromatic heterocycles. The largest absolute Gasteiger partial charge is 0.338 e. The van der Waals surface area contributed by atoms with Crippen LogP contribution in [0.4, 0.5) is 0 Å². The van der Waals surface area contributed by atoms with Crippen molar-refractivity contribution in [2.24, 2.45) is 0 Å². The fraction of sp³-hybridized carbons (Fsp3) is 0.579. The van der Waals surface area contributed by atoms with Gasteiger partial charge in [0.1, 0.15) is 0 Å². The van der Waals surface area contributed by atoms with Crippen molar-refractivity contribution in [1.29, 1.82) is 0 Å². The van der Waals surface area contributed by atoms with Gasteiger partial charge < -0.3 is 15.1 Å². The molecule has 5 heteroatoms. The van der Waals surface area contributed by atoms with Crippen molar-refractivity contribution in [2.75, 3.05) is 19.6 Å². The molecule has 0 aliphatic carbocycles. The zero-order valence-electron chi connectivity index (χ0n) is 14.0. The van der Waals surface area contributed by atoms with E-state index in [1.54, 1.807) is 0 Å². The van der Waals surface area contributed by atoms with E-state index in [4.69, 9.17) is 0 Å². The summed E-state index contributed by atoms with van der Waals surface area (Å²) in [4.78, 5) is 28.4. The monoisotopic (exact) mass is 327 g/mol. The first kappa shape index (κ1) is 15.6. The Morgan fingerprint density at radius 1 is 1.08 bits per heavy atom. The maximum absolute atomic E-state index is 12.8. The van der Waals surface area contributed by atoms with Crippen molar-refractivity contribution in [1.82, 2.24) is 15.1 Å². The molecule has 4 rings (SSSR count). The molecule has 3 fully saturated rings. The van der Waals surface area contributed by atoms with Crippen LogP contribution in [0.25, 0.3) is 0 Å². The van der Waals surface area contributed by atoms with Crippen molar-refractivity contribution in [2.45, 2.75) is 50.7 Å². The van der Waals surface area contributed by atoms with E-state index in [1.165, 1.54) is 12.8 Å². The number of nitrogens with zero attached hydrogens (tertiary/aromatic N) is 2. The van der Waals surface area contributed by atoms with Crippen molar-refractivity contribution in [3.05, 3.63) is 35.4 Å². The summed E-state index contributed by atoms with van der Waals surface area (Å²) in [6, 6.07) is 8.85. The highest BCUT2D eigenvalue weighted by atomic mass is 16.2. The van der Waals surface area contributed by atoms with Gasteiger partial charge in [0.15, 0.2) is 0 Å². The quantitative estimate of drug-likeness (QED) is 0.921. The molecule has 2 amide bonds. The zero-order valence-corrected chi connectivity index (χ0v) is 14.0. The Balaban J connectivity index is 1.40. The predicted octanol–water partition coefficient (Wildman–Crippen LogP) is 1.78. The number of hydrogen-bond acceptors (Lipinski definition) is 3. The van der Waals surface area contributed by atoms with Crippen molar-refractivity contribution in [3.8, 4) is 0 Å². The van der Waals surface area contributed by atoms with Crippen LogP contribution < -0.4 is 5.32 Å². The molecule has 0 saturated carbocycles. The second-order valence-electron chi connectivity index (χ2n) is 7.29. The van der Waals surface area contributed by atoms with Crippen LogP contribution >= 0.6 is 0 Å². The van der Waals surface area contributed by atoms with Crippen molar-refractivity contribution < 1.29 is 9.59 Å². The Labute approximate surface area is 143 Å². The van der Waals surface area contributed by atoms with Crippen LogP contribution in [-0.2, 0) is 11.3 Å². The predicted molar refractivity (Wildman–Crippen MR) is 91.6 cm³/mol. The van der Waals surface area contributed by atoms with Gasteiger partial charge in [-0.15, -0.1) is 0 Å². The van der Waals surface area contributed by atoms with Crippen LogP contribution in [0.15, 0.2) is 24.3 Å². The highest BCUT2D eigenvalue weighted by Crippen LogP contribution is 2.22. The van der Waals surface area contributed by atoms with E-state index in [0.717, 1.165) is 43.6 Å². The molecule has 2 unspecified atom stereocenters. The fourth-order valence-corrected chi connectivity index (χ4v) is 4.15. The van der Waals surface area contributed by atoms with Gasteiger partial charge in [-0.2, -0.15) is 0 Å². The maximum atomic E-state index is 12.8. The molecule has 1 aromatic rings. The van der Waals surface area contributed by atoms with Crippen LogP contribution in [0.2, 0.25) is 0 Å². The summed E-state index contributed by atoms with van der Waals surface area (Å²) in [5, 5.41) is 3.61. The lowest BCUT2D eigenvalue weighted by Crippen LogP contribution is -2.39. The first-order valence-corrected chi connectivity index (χ1v) is 9.11. The van der Waals surface area contributed by atoms with Gasteiger partial charge in [-0.25, -0.2) is 0 Å². The number of carbonyl (C=O) groups is 2. The van der Waals surface area contributed by atoms with E-state index in [2.05, 4.69) is 5.32 Å². The lowest BCUT2D eigenvalue weighted by Gasteiger charge is -2.24. The lowest BCUT2D eigenvalue weighted by molar-refractivity contribution is -0.128. The first-order chi connectivity index (χ1) is 11.7. The van der Waals surface area contributed by atoms with Gasteiger partial charge in [-0.05, 0) is 43.4 Å². The van der Waals surface area contributed by atoms with Crippen molar-refractivity contribution >= 4 is 11.8 Å². The number of benzene rings is 1. The minimum atomic E-state index is 0.133. The molecule has 3 heterocycles. The topological polar surface area (TPSA) is 52.7 Å². The number of hydrogen-bond donors (Lipinski definition) is 1. The van der Waals surface area contributed by atoms with Crippen molar-refractivity contribution in [3.63, 3.8) is 0 Å². The van der Waals surface area contributed by atoms with E-state index in [0.29, 0.717) is 25.0 Å². The Kier molecular flexibility index (Phi) is 4.27. The minimum Gasteiger partial charge on any atom is -0.338 e. The van der Waals surface area contributed by atoms with Gasteiger partial charge >= 0.3 is 0 Å². The first-order valence-electron chi connectivity index (χ1n) is 9.11. The number of carbonyl (C=O) groups excluding carboxylic acids is 2. The van der Waals surface area contributed by atoms with E-state index in [-0.39, 0.29) is 11.8 Å². The van der Waals surface area contributed by atoms with Gasteiger partial charge in [0, 0.05) is 50.2 Å². The number of amides is 2. The normalized spacial score (nSPS) is 26.8.